The lowest BCUT2D eigenvalue weighted by atomic mass is 10.3. The number of para-hydroxylation sites is 2. The molecule has 0 bridgehead atoms. The third-order valence-electron chi connectivity index (χ3n) is 2.71. The third-order valence-corrected chi connectivity index (χ3v) is 2.71. The lowest BCUT2D eigenvalue weighted by molar-refractivity contribution is -0.131. The molecule has 6 heteroatoms. The van der Waals surface area contributed by atoms with Crippen molar-refractivity contribution in [2.75, 3.05) is 17.7 Å². The fourth-order valence-corrected chi connectivity index (χ4v) is 1.84. The number of carbonyl (C=O) groups excluding carboxylic acids is 2. The van der Waals surface area contributed by atoms with Gasteiger partial charge >= 0.3 is 12.0 Å². The van der Waals surface area contributed by atoms with E-state index >= 15 is 0 Å². The molecule has 0 aliphatic carbocycles. The van der Waals surface area contributed by atoms with Crippen LogP contribution in [0.1, 0.15) is 6.92 Å². The van der Waals surface area contributed by atoms with Crippen LogP contribution in [0.15, 0.2) is 48.5 Å². The second-order valence-electron chi connectivity index (χ2n) is 4.40. The van der Waals surface area contributed by atoms with Gasteiger partial charge < -0.3 is 20.1 Å². The Balaban J connectivity index is 2.04. The molecule has 2 amide bonds. The molecule has 0 atom stereocenters. The van der Waals surface area contributed by atoms with E-state index in [1.54, 1.807) is 42.5 Å². The minimum atomic E-state index is -0.426. The Hall–Kier alpha value is -3.02. The minimum absolute atomic E-state index is 0.364. The van der Waals surface area contributed by atoms with Gasteiger partial charge in [-0.2, -0.15) is 0 Å². The number of benzene rings is 2. The van der Waals surface area contributed by atoms with Crippen LogP contribution in [-0.4, -0.2) is 19.1 Å². The summed E-state index contributed by atoms with van der Waals surface area (Å²) in [4.78, 5) is 22.9. The minimum Gasteiger partial charge on any atom is -0.495 e. The molecule has 0 aromatic heterocycles. The monoisotopic (exact) mass is 300 g/mol. The molecule has 2 aromatic carbocycles. The molecule has 2 aromatic rings. The van der Waals surface area contributed by atoms with E-state index in [-0.39, 0.29) is 0 Å². The van der Waals surface area contributed by atoms with Crippen molar-refractivity contribution >= 4 is 23.4 Å². The summed E-state index contributed by atoms with van der Waals surface area (Å²) in [7, 11) is 1.53. The van der Waals surface area contributed by atoms with Crippen LogP contribution in [0, 0.1) is 0 Å². The van der Waals surface area contributed by atoms with Crippen molar-refractivity contribution in [1.82, 2.24) is 0 Å². The van der Waals surface area contributed by atoms with E-state index in [2.05, 4.69) is 10.6 Å². The fourth-order valence-electron chi connectivity index (χ4n) is 1.84. The van der Waals surface area contributed by atoms with Gasteiger partial charge in [0.1, 0.15) is 11.5 Å². The maximum atomic E-state index is 12.0. The predicted molar refractivity (Wildman–Crippen MR) is 83.4 cm³/mol. The summed E-state index contributed by atoms with van der Waals surface area (Å²) >= 11 is 0. The summed E-state index contributed by atoms with van der Waals surface area (Å²) in [5.74, 6) is 0.504. The molecule has 0 radical (unpaired) electrons. The highest BCUT2D eigenvalue weighted by molar-refractivity contribution is 6.00. The number of rotatable bonds is 4. The fraction of sp³-hybridized carbons (Fsp3) is 0.125. The van der Waals surface area contributed by atoms with E-state index in [9.17, 15) is 9.59 Å². The average Bonchev–Trinajstić information content (AvgIpc) is 2.47. The van der Waals surface area contributed by atoms with Crippen LogP contribution in [0.4, 0.5) is 16.2 Å². The van der Waals surface area contributed by atoms with Gasteiger partial charge in [0.2, 0.25) is 0 Å². The van der Waals surface area contributed by atoms with Crippen molar-refractivity contribution in [1.29, 1.82) is 0 Å². The molecule has 6 nitrogen and oxygen atoms in total. The molecule has 0 fully saturated rings. The summed E-state index contributed by atoms with van der Waals surface area (Å²) < 4.78 is 10.1. The number of amides is 2. The van der Waals surface area contributed by atoms with Gasteiger partial charge in [-0.05, 0) is 24.3 Å². The maximum Gasteiger partial charge on any atom is 0.323 e. The molecular weight excluding hydrogens is 284 g/mol. The summed E-state index contributed by atoms with van der Waals surface area (Å²) in [5.41, 5.74) is 1.06. The first-order valence-corrected chi connectivity index (χ1v) is 6.58. The number of nitrogens with one attached hydrogen (secondary N) is 2. The van der Waals surface area contributed by atoms with Crippen molar-refractivity contribution in [3.8, 4) is 11.5 Å². The zero-order valence-electron chi connectivity index (χ0n) is 12.3. The van der Waals surface area contributed by atoms with Crippen LogP contribution >= 0.6 is 0 Å². The topological polar surface area (TPSA) is 76.7 Å². The highest BCUT2D eigenvalue weighted by Gasteiger charge is 2.07. The molecule has 0 saturated heterocycles. The number of carbonyl (C=O) groups is 2. The largest absolute Gasteiger partial charge is 0.495 e. The van der Waals surface area contributed by atoms with Gasteiger partial charge in [0.15, 0.2) is 0 Å². The van der Waals surface area contributed by atoms with Crippen LogP contribution in [0.5, 0.6) is 11.5 Å². The maximum absolute atomic E-state index is 12.0. The number of anilines is 2. The first-order chi connectivity index (χ1) is 10.6. The Bertz CT molecular complexity index is 685. The smallest absolute Gasteiger partial charge is 0.323 e. The molecule has 0 aliphatic rings. The SMILES string of the molecule is COc1ccccc1NC(=O)Nc1cccc(OC(C)=O)c1. The van der Waals surface area contributed by atoms with Crippen molar-refractivity contribution < 1.29 is 19.1 Å². The lowest BCUT2D eigenvalue weighted by Gasteiger charge is -2.11. The highest BCUT2D eigenvalue weighted by Crippen LogP contribution is 2.23. The van der Waals surface area contributed by atoms with Crippen LogP contribution < -0.4 is 20.1 Å². The van der Waals surface area contributed by atoms with Gasteiger partial charge in [-0.25, -0.2) is 4.79 Å². The standard InChI is InChI=1S/C16H16N2O4/c1-11(19)22-13-7-5-6-12(10-13)17-16(20)18-14-8-3-4-9-15(14)21-2/h3-10H,1-2H3,(H2,17,18,20). The number of methoxy groups -OCH3 is 1. The second-order valence-corrected chi connectivity index (χ2v) is 4.40. The average molecular weight is 300 g/mol. The van der Waals surface area contributed by atoms with Gasteiger partial charge in [0, 0.05) is 18.7 Å². The third kappa shape index (κ3) is 4.24. The van der Waals surface area contributed by atoms with E-state index in [0.717, 1.165) is 0 Å². The van der Waals surface area contributed by atoms with E-state index in [1.807, 2.05) is 6.07 Å². The Morgan fingerprint density at radius 3 is 2.50 bits per heavy atom. The van der Waals surface area contributed by atoms with Gasteiger partial charge in [0.05, 0.1) is 12.8 Å². The van der Waals surface area contributed by atoms with E-state index in [4.69, 9.17) is 9.47 Å². The van der Waals surface area contributed by atoms with E-state index in [1.165, 1.54) is 14.0 Å². The number of urea groups is 1. The Labute approximate surface area is 128 Å². The summed E-state index contributed by atoms with van der Waals surface area (Å²) in [6, 6.07) is 13.2. The van der Waals surface area contributed by atoms with Crippen LogP contribution in [0.25, 0.3) is 0 Å². The Morgan fingerprint density at radius 2 is 1.77 bits per heavy atom. The molecule has 0 spiro atoms. The van der Waals surface area contributed by atoms with Gasteiger partial charge in [-0.3, -0.25) is 4.79 Å². The van der Waals surface area contributed by atoms with Crippen LogP contribution in [-0.2, 0) is 4.79 Å². The summed E-state index contributed by atoms with van der Waals surface area (Å²) in [5, 5.41) is 5.35. The molecular formula is C16H16N2O4. The van der Waals surface area contributed by atoms with Gasteiger partial charge in [0.25, 0.3) is 0 Å². The molecule has 0 heterocycles. The lowest BCUT2D eigenvalue weighted by Crippen LogP contribution is -2.19. The normalized spacial score (nSPS) is 9.73. The quantitative estimate of drug-likeness (QED) is 0.671. The van der Waals surface area contributed by atoms with Crippen LogP contribution in [0.2, 0.25) is 0 Å². The second kappa shape index (κ2) is 7.12. The Morgan fingerprint density at radius 1 is 1.00 bits per heavy atom. The molecule has 2 N–H and O–H groups in total. The van der Waals surface area contributed by atoms with E-state index in [0.29, 0.717) is 22.9 Å². The Kier molecular flexibility index (Phi) is 4.98. The highest BCUT2D eigenvalue weighted by atomic mass is 16.5. The first-order valence-electron chi connectivity index (χ1n) is 6.58. The van der Waals surface area contributed by atoms with Gasteiger partial charge in [-0.1, -0.05) is 18.2 Å². The zero-order valence-corrected chi connectivity index (χ0v) is 12.3. The van der Waals surface area contributed by atoms with Crippen molar-refractivity contribution in [2.24, 2.45) is 0 Å². The summed E-state index contributed by atoms with van der Waals surface area (Å²) in [6.45, 7) is 1.31. The zero-order chi connectivity index (χ0) is 15.9. The molecule has 114 valence electrons. The molecule has 0 saturated carbocycles. The first kappa shape index (κ1) is 15.4. The van der Waals surface area contributed by atoms with Crippen molar-refractivity contribution in [3.63, 3.8) is 0 Å². The van der Waals surface area contributed by atoms with Gasteiger partial charge in [-0.15, -0.1) is 0 Å². The van der Waals surface area contributed by atoms with Crippen LogP contribution in [0.3, 0.4) is 0 Å². The predicted octanol–water partition coefficient (Wildman–Crippen LogP) is 3.26. The number of hydrogen-bond donors (Lipinski definition) is 2. The molecule has 22 heavy (non-hydrogen) atoms. The molecule has 0 aliphatic heterocycles. The number of ether oxygens (including phenoxy) is 2. The molecule has 2 rings (SSSR count). The number of esters is 1. The summed E-state index contributed by atoms with van der Waals surface area (Å²) in [6.07, 6.45) is 0. The van der Waals surface area contributed by atoms with Crippen molar-refractivity contribution in [2.45, 2.75) is 6.92 Å². The molecule has 0 unspecified atom stereocenters. The van der Waals surface area contributed by atoms with E-state index < -0.39 is 12.0 Å². The number of hydrogen-bond acceptors (Lipinski definition) is 4. The van der Waals surface area contributed by atoms with Crippen molar-refractivity contribution in [3.05, 3.63) is 48.5 Å².